The molecule has 0 aliphatic carbocycles. The van der Waals surface area contributed by atoms with Crippen molar-refractivity contribution in [1.82, 2.24) is 14.7 Å². The lowest BCUT2D eigenvalue weighted by Crippen LogP contribution is -2.42. The average Bonchev–Trinajstić information content (AvgIpc) is 3.08. The highest BCUT2D eigenvalue weighted by molar-refractivity contribution is 8.13. The molecule has 3 aliphatic rings. The van der Waals surface area contributed by atoms with Crippen LogP contribution >= 0.6 is 11.8 Å². The largest absolute Gasteiger partial charge is 0.377 e. The zero-order chi connectivity index (χ0) is 15.4. The minimum atomic E-state index is 0.0446. The number of carbonyl (C=O) groups is 2. The molecule has 0 N–H and O–H groups in total. The summed E-state index contributed by atoms with van der Waals surface area (Å²) < 4.78 is 5.70. The summed E-state index contributed by atoms with van der Waals surface area (Å²) in [6, 6.07) is 0. The number of amides is 2. The molecule has 0 radical (unpaired) electrons. The molecule has 0 aromatic heterocycles. The second kappa shape index (κ2) is 7.66. The highest BCUT2D eigenvalue weighted by atomic mass is 32.2. The number of ether oxygens (including phenoxy) is 1. The summed E-state index contributed by atoms with van der Waals surface area (Å²) in [6.07, 6.45) is 3.71. The smallest absolute Gasteiger partial charge is 0.282 e. The molecule has 0 saturated carbocycles. The molecule has 3 heterocycles. The van der Waals surface area contributed by atoms with E-state index in [0.29, 0.717) is 12.6 Å². The zero-order valence-electron chi connectivity index (χ0n) is 13.0. The Kier molecular flexibility index (Phi) is 5.60. The second-order valence-corrected chi connectivity index (χ2v) is 7.25. The number of thioether (sulfide) groups is 1. The van der Waals surface area contributed by atoms with Crippen molar-refractivity contribution in [3.63, 3.8) is 0 Å². The second-order valence-electron chi connectivity index (χ2n) is 6.21. The molecule has 3 fully saturated rings. The Hall–Kier alpha value is -0.790. The molecule has 2 amide bonds. The van der Waals surface area contributed by atoms with Crippen LogP contribution in [0.1, 0.15) is 19.3 Å². The van der Waals surface area contributed by atoms with Crippen LogP contribution in [0.15, 0.2) is 0 Å². The fraction of sp³-hybridized carbons (Fsp3) is 0.867. The van der Waals surface area contributed by atoms with Crippen molar-refractivity contribution in [2.75, 3.05) is 58.2 Å². The number of nitrogens with zero attached hydrogens (tertiary/aromatic N) is 3. The summed E-state index contributed by atoms with van der Waals surface area (Å²) in [6.45, 7) is 6.34. The number of hydrogen-bond donors (Lipinski definition) is 0. The van der Waals surface area contributed by atoms with Crippen molar-refractivity contribution < 1.29 is 14.3 Å². The maximum absolute atomic E-state index is 12.4. The van der Waals surface area contributed by atoms with Gasteiger partial charge in [0.1, 0.15) is 6.54 Å². The molecule has 0 aromatic rings. The third kappa shape index (κ3) is 4.14. The highest BCUT2D eigenvalue weighted by Crippen LogP contribution is 2.18. The Bertz CT molecular complexity index is 415. The van der Waals surface area contributed by atoms with Crippen LogP contribution in [-0.2, 0) is 9.53 Å². The van der Waals surface area contributed by atoms with Gasteiger partial charge in [0.15, 0.2) is 0 Å². The van der Waals surface area contributed by atoms with E-state index in [0.717, 1.165) is 57.9 Å². The Morgan fingerprint density at radius 3 is 2.82 bits per heavy atom. The molecule has 124 valence electrons. The summed E-state index contributed by atoms with van der Waals surface area (Å²) in [5, 5.41) is 0.0446. The Balaban J connectivity index is 1.44. The SMILES string of the molecule is O=C(CN1CCSC1=O)N1CCCN(C[C@H]2CCCO2)CC1. The van der Waals surface area contributed by atoms with E-state index in [1.807, 2.05) is 4.90 Å². The van der Waals surface area contributed by atoms with Crippen LogP contribution in [0, 0.1) is 0 Å². The van der Waals surface area contributed by atoms with Crippen LogP contribution < -0.4 is 0 Å². The molecular weight excluding hydrogens is 302 g/mol. The molecular formula is C15H25N3O3S. The first-order valence-corrected chi connectivity index (χ1v) is 9.24. The van der Waals surface area contributed by atoms with E-state index in [1.54, 1.807) is 4.90 Å². The summed E-state index contributed by atoms with van der Waals surface area (Å²) >= 11 is 1.31. The average molecular weight is 327 g/mol. The Morgan fingerprint density at radius 1 is 1.18 bits per heavy atom. The van der Waals surface area contributed by atoms with Crippen molar-refractivity contribution in [3.8, 4) is 0 Å². The normalized spacial score (nSPS) is 27.5. The van der Waals surface area contributed by atoms with Crippen molar-refractivity contribution in [1.29, 1.82) is 0 Å². The molecule has 3 saturated heterocycles. The molecule has 1 atom stereocenters. The number of hydrogen-bond acceptors (Lipinski definition) is 5. The Morgan fingerprint density at radius 2 is 2.09 bits per heavy atom. The van der Waals surface area contributed by atoms with Crippen molar-refractivity contribution in [2.24, 2.45) is 0 Å². The van der Waals surface area contributed by atoms with E-state index in [4.69, 9.17) is 4.74 Å². The molecule has 0 bridgehead atoms. The van der Waals surface area contributed by atoms with Gasteiger partial charge in [-0.2, -0.15) is 0 Å². The van der Waals surface area contributed by atoms with Crippen LogP contribution in [0.5, 0.6) is 0 Å². The minimum Gasteiger partial charge on any atom is -0.377 e. The van der Waals surface area contributed by atoms with E-state index < -0.39 is 0 Å². The lowest BCUT2D eigenvalue weighted by Gasteiger charge is -2.25. The van der Waals surface area contributed by atoms with Gasteiger partial charge in [-0.15, -0.1) is 0 Å². The van der Waals surface area contributed by atoms with Gasteiger partial charge in [-0.3, -0.25) is 14.5 Å². The van der Waals surface area contributed by atoms with Gasteiger partial charge >= 0.3 is 0 Å². The fourth-order valence-corrected chi connectivity index (χ4v) is 4.14. The molecule has 3 rings (SSSR count). The van der Waals surface area contributed by atoms with Crippen LogP contribution in [0.2, 0.25) is 0 Å². The maximum atomic E-state index is 12.4. The highest BCUT2D eigenvalue weighted by Gasteiger charge is 2.27. The van der Waals surface area contributed by atoms with Gasteiger partial charge in [-0.05, 0) is 25.8 Å². The van der Waals surface area contributed by atoms with E-state index in [-0.39, 0.29) is 17.7 Å². The fourth-order valence-electron chi connectivity index (χ4n) is 3.31. The lowest BCUT2D eigenvalue weighted by atomic mass is 10.2. The minimum absolute atomic E-state index is 0.0446. The molecule has 0 spiro atoms. The first kappa shape index (κ1) is 16.1. The summed E-state index contributed by atoms with van der Waals surface area (Å²) in [4.78, 5) is 30.0. The first-order chi connectivity index (χ1) is 10.7. The summed E-state index contributed by atoms with van der Waals surface area (Å²) in [7, 11) is 0. The number of rotatable bonds is 4. The van der Waals surface area contributed by atoms with Gasteiger partial charge in [0.05, 0.1) is 6.10 Å². The van der Waals surface area contributed by atoms with Crippen LogP contribution in [0.3, 0.4) is 0 Å². The summed E-state index contributed by atoms with van der Waals surface area (Å²) in [5.41, 5.74) is 0. The third-order valence-corrected chi connectivity index (χ3v) is 5.49. The van der Waals surface area contributed by atoms with Gasteiger partial charge in [-0.25, -0.2) is 0 Å². The van der Waals surface area contributed by atoms with Gasteiger partial charge < -0.3 is 14.5 Å². The van der Waals surface area contributed by atoms with Crippen molar-refractivity contribution in [2.45, 2.75) is 25.4 Å². The van der Waals surface area contributed by atoms with Crippen LogP contribution in [0.25, 0.3) is 0 Å². The molecule has 0 unspecified atom stereocenters. The molecule has 0 aromatic carbocycles. The van der Waals surface area contributed by atoms with Gasteiger partial charge in [0.2, 0.25) is 5.91 Å². The lowest BCUT2D eigenvalue weighted by molar-refractivity contribution is -0.131. The molecule has 3 aliphatic heterocycles. The van der Waals surface area contributed by atoms with Gasteiger partial charge in [-0.1, -0.05) is 11.8 Å². The predicted octanol–water partition coefficient (Wildman–Crippen LogP) is 0.869. The van der Waals surface area contributed by atoms with Crippen LogP contribution in [0.4, 0.5) is 4.79 Å². The molecule has 6 nitrogen and oxygen atoms in total. The summed E-state index contributed by atoms with van der Waals surface area (Å²) in [5.74, 6) is 0.899. The molecule has 22 heavy (non-hydrogen) atoms. The maximum Gasteiger partial charge on any atom is 0.282 e. The van der Waals surface area contributed by atoms with Crippen molar-refractivity contribution >= 4 is 22.9 Å². The third-order valence-electron chi connectivity index (χ3n) is 4.60. The van der Waals surface area contributed by atoms with E-state index in [1.165, 1.54) is 18.2 Å². The first-order valence-electron chi connectivity index (χ1n) is 8.26. The predicted molar refractivity (Wildman–Crippen MR) is 86.0 cm³/mol. The van der Waals surface area contributed by atoms with Crippen molar-refractivity contribution in [3.05, 3.63) is 0 Å². The zero-order valence-corrected chi connectivity index (χ0v) is 13.9. The van der Waals surface area contributed by atoms with Gasteiger partial charge in [0, 0.05) is 45.1 Å². The standard InChI is InChI=1S/C15H25N3O3S/c19-14(12-18-8-10-22-15(18)20)17-5-2-4-16(6-7-17)11-13-3-1-9-21-13/h13H,1-12H2/t13-/m1/s1. The van der Waals surface area contributed by atoms with Gasteiger partial charge in [0.25, 0.3) is 5.24 Å². The monoisotopic (exact) mass is 327 g/mol. The van der Waals surface area contributed by atoms with E-state index >= 15 is 0 Å². The Labute approximate surface area is 136 Å². The topological polar surface area (TPSA) is 53.1 Å². The van der Waals surface area contributed by atoms with E-state index in [2.05, 4.69) is 4.90 Å². The quantitative estimate of drug-likeness (QED) is 0.767. The van der Waals surface area contributed by atoms with Crippen LogP contribution in [-0.4, -0.2) is 90.1 Å². The number of carbonyl (C=O) groups excluding carboxylic acids is 2. The van der Waals surface area contributed by atoms with E-state index in [9.17, 15) is 9.59 Å². The molecule has 7 heteroatoms.